The number of carboxylic acids is 1. The van der Waals surface area contributed by atoms with Crippen molar-refractivity contribution in [3.63, 3.8) is 0 Å². The van der Waals surface area contributed by atoms with Crippen molar-refractivity contribution in [1.29, 1.82) is 0 Å². The third-order valence-electron chi connectivity index (χ3n) is 2.72. The van der Waals surface area contributed by atoms with E-state index in [4.69, 9.17) is 4.74 Å². The molecule has 6 heteroatoms. The van der Waals surface area contributed by atoms with Crippen molar-refractivity contribution in [2.75, 3.05) is 27.7 Å². The highest BCUT2D eigenvalue weighted by atomic mass is 16.5. The minimum absolute atomic E-state index is 0.148. The predicted molar refractivity (Wildman–Crippen MR) is 76.1 cm³/mol. The lowest BCUT2D eigenvalue weighted by Gasteiger charge is -2.29. The molecule has 0 aromatic heterocycles. The Kier molecular flexibility index (Phi) is 6.17. The molecule has 0 aliphatic heterocycles. The SMILES string of the molecule is C[N+](C)(C)CC(CC(=O)[O-])NC(=O)OCc1ccccc1. The number of carboxylic acid groups (broad SMARTS) is 1. The molecule has 0 saturated heterocycles. The number of likely N-dealkylation sites (N-methyl/N-ethyl adjacent to an activating group) is 1. The zero-order valence-electron chi connectivity index (χ0n) is 12.7. The van der Waals surface area contributed by atoms with E-state index in [0.717, 1.165) is 5.56 Å². The van der Waals surface area contributed by atoms with Crippen molar-refractivity contribution in [1.82, 2.24) is 5.32 Å². The summed E-state index contributed by atoms with van der Waals surface area (Å²) in [5.74, 6) is -1.20. The molecule has 0 saturated carbocycles. The molecular formula is C15H22N2O4. The quantitative estimate of drug-likeness (QED) is 0.725. The van der Waals surface area contributed by atoms with Gasteiger partial charge in [0.25, 0.3) is 0 Å². The Morgan fingerprint density at radius 1 is 1.24 bits per heavy atom. The fourth-order valence-electron chi connectivity index (χ4n) is 1.96. The molecule has 0 radical (unpaired) electrons. The van der Waals surface area contributed by atoms with E-state index in [9.17, 15) is 14.7 Å². The van der Waals surface area contributed by atoms with Gasteiger partial charge in [-0.15, -0.1) is 0 Å². The first-order valence-electron chi connectivity index (χ1n) is 6.74. The molecule has 1 aromatic carbocycles. The molecule has 1 N–H and O–H groups in total. The number of alkyl carbamates (subject to hydrolysis) is 1. The van der Waals surface area contributed by atoms with Crippen LogP contribution < -0.4 is 10.4 Å². The highest BCUT2D eigenvalue weighted by Gasteiger charge is 2.21. The van der Waals surface area contributed by atoms with Crippen molar-refractivity contribution >= 4 is 12.1 Å². The molecule has 0 aliphatic carbocycles. The van der Waals surface area contributed by atoms with Crippen LogP contribution in [-0.4, -0.2) is 50.3 Å². The van der Waals surface area contributed by atoms with E-state index in [2.05, 4.69) is 5.32 Å². The van der Waals surface area contributed by atoms with Crippen LogP contribution in [0.15, 0.2) is 30.3 Å². The van der Waals surface area contributed by atoms with Crippen LogP contribution in [0, 0.1) is 0 Å². The normalized spacial score (nSPS) is 12.5. The van der Waals surface area contributed by atoms with Crippen LogP contribution in [0.4, 0.5) is 4.79 Å². The van der Waals surface area contributed by atoms with Crippen LogP contribution in [-0.2, 0) is 16.1 Å². The number of carbonyl (C=O) groups excluding carboxylic acids is 2. The number of hydrogen-bond acceptors (Lipinski definition) is 4. The van der Waals surface area contributed by atoms with Gasteiger partial charge in [-0.25, -0.2) is 4.79 Å². The van der Waals surface area contributed by atoms with Gasteiger partial charge in [0.15, 0.2) is 0 Å². The van der Waals surface area contributed by atoms with Gasteiger partial charge in [-0.05, 0) is 5.56 Å². The number of ether oxygens (including phenoxy) is 1. The van der Waals surface area contributed by atoms with E-state index in [1.807, 2.05) is 51.5 Å². The average molecular weight is 294 g/mol. The van der Waals surface area contributed by atoms with Gasteiger partial charge in [0.2, 0.25) is 0 Å². The molecule has 0 bridgehead atoms. The molecule has 6 nitrogen and oxygen atoms in total. The highest BCUT2D eigenvalue weighted by molar-refractivity contribution is 5.70. The van der Waals surface area contributed by atoms with Crippen molar-refractivity contribution in [2.24, 2.45) is 0 Å². The Hall–Kier alpha value is -2.08. The molecule has 116 valence electrons. The average Bonchev–Trinajstić information content (AvgIpc) is 2.34. The van der Waals surface area contributed by atoms with Crippen LogP contribution in [0.25, 0.3) is 0 Å². The van der Waals surface area contributed by atoms with Gasteiger partial charge in [0, 0.05) is 12.4 Å². The third kappa shape index (κ3) is 7.94. The smallest absolute Gasteiger partial charge is 0.407 e. The number of quaternary nitrogens is 1. The van der Waals surface area contributed by atoms with Crippen LogP contribution in [0.1, 0.15) is 12.0 Å². The summed E-state index contributed by atoms with van der Waals surface area (Å²) in [6.45, 7) is 0.615. The molecular weight excluding hydrogens is 272 g/mol. The first kappa shape index (κ1) is 17.0. The van der Waals surface area contributed by atoms with Gasteiger partial charge in [0.05, 0.1) is 33.7 Å². The summed E-state index contributed by atoms with van der Waals surface area (Å²) < 4.78 is 5.61. The lowest BCUT2D eigenvalue weighted by molar-refractivity contribution is -0.871. The summed E-state index contributed by atoms with van der Waals surface area (Å²) in [7, 11) is 5.75. The molecule has 0 spiro atoms. The van der Waals surface area contributed by atoms with E-state index in [-0.39, 0.29) is 13.0 Å². The number of benzene rings is 1. The second kappa shape index (κ2) is 7.64. The fourth-order valence-corrected chi connectivity index (χ4v) is 1.96. The summed E-state index contributed by atoms with van der Waals surface area (Å²) in [5, 5.41) is 13.3. The van der Waals surface area contributed by atoms with Gasteiger partial charge in [-0.1, -0.05) is 30.3 Å². The summed E-state index contributed by atoms with van der Waals surface area (Å²) in [4.78, 5) is 22.5. The van der Waals surface area contributed by atoms with Crippen molar-refractivity contribution in [2.45, 2.75) is 19.1 Å². The van der Waals surface area contributed by atoms with Gasteiger partial charge in [-0.3, -0.25) is 0 Å². The van der Waals surface area contributed by atoms with Gasteiger partial charge in [0.1, 0.15) is 6.61 Å². The van der Waals surface area contributed by atoms with E-state index in [1.165, 1.54) is 0 Å². The van der Waals surface area contributed by atoms with Crippen molar-refractivity contribution in [3.05, 3.63) is 35.9 Å². The van der Waals surface area contributed by atoms with Crippen LogP contribution in [0.3, 0.4) is 0 Å². The number of nitrogens with zero attached hydrogens (tertiary/aromatic N) is 1. The Balaban J connectivity index is 2.49. The maximum atomic E-state index is 11.7. The van der Waals surface area contributed by atoms with Gasteiger partial charge >= 0.3 is 6.09 Å². The largest absolute Gasteiger partial charge is 0.550 e. The van der Waals surface area contributed by atoms with Crippen molar-refractivity contribution < 1.29 is 23.9 Å². The fraction of sp³-hybridized carbons (Fsp3) is 0.467. The monoisotopic (exact) mass is 294 g/mol. The van der Waals surface area contributed by atoms with Crippen LogP contribution in [0.2, 0.25) is 0 Å². The van der Waals surface area contributed by atoms with Crippen LogP contribution >= 0.6 is 0 Å². The number of rotatable bonds is 7. The van der Waals surface area contributed by atoms with Gasteiger partial charge in [-0.2, -0.15) is 0 Å². The van der Waals surface area contributed by atoms with E-state index in [0.29, 0.717) is 11.0 Å². The Morgan fingerprint density at radius 3 is 2.38 bits per heavy atom. The van der Waals surface area contributed by atoms with E-state index in [1.54, 1.807) is 0 Å². The lowest BCUT2D eigenvalue weighted by atomic mass is 10.2. The molecule has 1 rings (SSSR count). The lowest BCUT2D eigenvalue weighted by Crippen LogP contribution is -2.50. The summed E-state index contributed by atoms with van der Waals surface area (Å²) in [6.07, 6.45) is -0.866. The van der Waals surface area contributed by atoms with Crippen molar-refractivity contribution in [3.8, 4) is 0 Å². The Morgan fingerprint density at radius 2 is 1.86 bits per heavy atom. The maximum Gasteiger partial charge on any atom is 0.407 e. The molecule has 1 amide bonds. The third-order valence-corrected chi connectivity index (χ3v) is 2.72. The molecule has 21 heavy (non-hydrogen) atoms. The summed E-state index contributed by atoms with van der Waals surface area (Å²) in [6, 6.07) is 8.74. The predicted octanol–water partition coefficient (Wildman–Crippen LogP) is 0.128. The minimum atomic E-state index is -1.20. The first-order valence-corrected chi connectivity index (χ1v) is 6.74. The van der Waals surface area contributed by atoms with E-state index < -0.39 is 18.1 Å². The zero-order chi connectivity index (χ0) is 15.9. The highest BCUT2D eigenvalue weighted by Crippen LogP contribution is 2.03. The summed E-state index contributed by atoms with van der Waals surface area (Å²) in [5.41, 5.74) is 0.871. The molecule has 1 aromatic rings. The molecule has 0 aliphatic rings. The Bertz CT molecular complexity index is 468. The standard InChI is InChI=1S/C15H22N2O4/c1-17(2,3)10-13(9-14(18)19)16-15(20)21-11-12-7-5-4-6-8-12/h4-8,13H,9-11H2,1-3H3,(H-,16,18,19,20). The minimum Gasteiger partial charge on any atom is -0.550 e. The number of amides is 1. The Labute approximate surface area is 124 Å². The second-order valence-electron chi connectivity index (χ2n) is 5.95. The molecule has 0 fully saturated rings. The number of aliphatic carboxylic acids is 1. The summed E-state index contributed by atoms with van der Waals surface area (Å²) >= 11 is 0. The van der Waals surface area contributed by atoms with E-state index >= 15 is 0 Å². The molecule has 1 atom stereocenters. The maximum absolute atomic E-state index is 11.7. The molecule has 1 unspecified atom stereocenters. The number of carbonyl (C=O) groups is 2. The second-order valence-corrected chi connectivity index (χ2v) is 5.95. The van der Waals surface area contributed by atoms with Gasteiger partial charge < -0.3 is 24.4 Å². The topological polar surface area (TPSA) is 78.5 Å². The number of hydrogen-bond donors (Lipinski definition) is 1. The molecule has 0 heterocycles. The zero-order valence-corrected chi connectivity index (χ0v) is 12.7. The number of nitrogens with one attached hydrogen (secondary N) is 1. The first-order chi connectivity index (χ1) is 9.76. The van der Waals surface area contributed by atoms with Crippen LogP contribution in [0.5, 0.6) is 0 Å².